The van der Waals surface area contributed by atoms with Crippen LogP contribution in [0.15, 0.2) is 0 Å². The highest BCUT2D eigenvalue weighted by Crippen LogP contribution is 2.16. The fraction of sp³-hybridized carbons (Fsp3) is 0.917. The smallest absolute Gasteiger partial charge is 0.136 e. The van der Waals surface area contributed by atoms with Gasteiger partial charge in [-0.25, -0.2) is 0 Å². The van der Waals surface area contributed by atoms with Crippen LogP contribution in [0.4, 0.5) is 0 Å². The number of unbranched alkanes of at least 4 members (excludes halogenated alkanes) is 2. The van der Waals surface area contributed by atoms with Gasteiger partial charge >= 0.3 is 0 Å². The van der Waals surface area contributed by atoms with Crippen LogP contribution >= 0.6 is 0 Å². The van der Waals surface area contributed by atoms with Crippen LogP contribution in [0, 0.1) is 11.3 Å². The van der Waals surface area contributed by atoms with E-state index in [1.807, 2.05) is 13.8 Å². The van der Waals surface area contributed by atoms with E-state index in [0.29, 0.717) is 13.2 Å². The van der Waals surface area contributed by atoms with Crippen molar-refractivity contribution in [1.29, 1.82) is 5.26 Å². The molecule has 4 heteroatoms. The van der Waals surface area contributed by atoms with Crippen LogP contribution in [0.2, 0.25) is 5.54 Å². The van der Waals surface area contributed by atoms with Crippen molar-refractivity contribution < 1.29 is 9.47 Å². The fourth-order valence-corrected chi connectivity index (χ4v) is 3.50. The van der Waals surface area contributed by atoms with Crippen molar-refractivity contribution in [2.45, 2.75) is 57.9 Å². The van der Waals surface area contributed by atoms with Gasteiger partial charge in [0.2, 0.25) is 0 Å². The molecule has 0 amide bonds. The molecule has 0 saturated carbocycles. The van der Waals surface area contributed by atoms with E-state index >= 15 is 0 Å². The maximum absolute atomic E-state index is 9.08. The molecular formula is C12H25NO2Si. The van der Waals surface area contributed by atoms with Gasteiger partial charge in [0.15, 0.2) is 0 Å². The quantitative estimate of drug-likeness (QED) is 0.336. The summed E-state index contributed by atoms with van der Waals surface area (Å²) in [6, 6.07) is 2.41. The first-order valence-corrected chi connectivity index (χ1v) is 8.04. The second-order valence-electron chi connectivity index (χ2n) is 3.90. The van der Waals surface area contributed by atoms with Crippen molar-refractivity contribution in [3.05, 3.63) is 0 Å². The Morgan fingerprint density at radius 2 is 1.75 bits per heavy atom. The Labute approximate surface area is 102 Å². The summed E-state index contributed by atoms with van der Waals surface area (Å²) in [4.78, 5) is 0. The lowest BCUT2D eigenvalue weighted by Gasteiger charge is -2.18. The largest absolute Gasteiger partial charge is 0.357 e. The number of ether oxygens (including phenoxy) is 2. The molecule has 0 saturated heterocycles. The SMILES string of the molecule is CCCCCC(C#N)[SiH2]C(OCC)OCC. The molecule has 0 aliphatic heterocycles. The monoisotopic (exact) mass is 243 g/mol. The van der Waals surface area contributed by atoms with Crippen LogP contribution in [0.1, 0.15) is 46.5 Å². The Hall–Kier alpha value is -0.373. The van der Waals surface area contributed by atoms with Gasteiger partial charge in [0.25, 0.3) is 0 Å². The molecule has 0 aromatic heterocycles. The first-order valence-electron chi connectivity index (χ1n) is 6.41. The summed E-state index contributed by atoms with van der Waals surface area (Å²) in [6.45, 7) is 7.47. The molecule has 16 heavy (non-hydrogen) atoms. The first-order chi connectivity index (χ1) is 7.78. The number of hydrogen-bond donors (Lipinski definition) is 0. The maximum Gasteiger partial charge on any atom is 0.136 e. The maximum atomic E-state index is 9.08. The fourth-order valence-electron chi connectivity index (χ4n) is 1.66. The van der Waals surface area contributed by atoms with Gasteiger partial charge in [0.1, 0.15) is 15.4 Å². The molecule has 0 rings (SSSR count). The average molecular weight is 243 g/mol. The molecule has 0 spiro atoms. The van der Waals surface area contributed by atoms with Crippen molar-refractivity contribution in [1.82, 2.24) is 0 Å². The van der Waals surface area contributed by atoms with Gasteiger partial charge in [0.05, 0.1) is 6.07 Å². The third-order valence-electron chi connectivity index (χ3n) is 2.52. The standard InChI is InChI=1S/C12H25NO2Si/c1-4-7-8-9-11(10-13)16-12(14-5-2)15-6-3/h11-12H,4-9,16H2,1-3H3. The molecule has 3 nitrogen and oxygen atoms in total. The van der Waals surface area contributed by atoms with Crippen LogP contribution in [-0.4, -0.2) is 28.6 Å². The Morgan fingerprint density at radius 1 is 1.12 bits per heavy atom. The lowest BCUT2D eigenvalue weighted by Crippen LogP contribution is -2.27. The zero-order valence-corrected chi connectivity index (χ0v) is 12.3. The summed E-state index contributed by atoms with van der Waals surface area (Å²) in [5, 5.41) is 9.08. The minimum atomic E-state index is -0.616. The minimum absolute atomic E-state index is 0.0683. The lowest BCUT2D eigenvalue weighted by molar-refractivity contribution is -0.0831. The van der Waals surface area contributed by atoms with Crippen LogP contribution in [0.3, 0.4) is 0 Å². The molecule has 94 valence electrons. The van der Waals surface area contributed by atoms with E-state index in [0.717, 1.165) is 12.8 Å². The summed E-state index contributed by atoms with van der Waals surface area (Å²) < 4.78 is 11.0. The average Bonchev–Trinajstić information content (AvgIpc) is 2.28. The second kappa shape index (κ2) is 11.1. The zero-order valence-electron chi connectivity index (χ0n) is 10.9. The topological polar surface area (TPSA) is 42.2 Å². The summed E-state index contributed by atoms with van der Waals surface area (Å²) in [7, 11) is -0.616. The molecule has 0 aromatic carbocycles. The molecule has 0 fully saturated rings. The van der Waals surface area contributed by atoms with Crippen LogP contribution in [0.25, 0.3) is 0 Å². The van der Waals surface area contributed by atoms with E-state index < -0.39 is 9.52 Å². The van der Waals surface area contributed by atoms with E-state index in [9.17, 15) is 0 Å². The summed E-state index contributed by atoms with van der Waals surface area (Å²) in [5.41, 5.74) is 0.203. The second-order valence-corrected chi connectivity index (χ2v) is 6.02. The van der Waals surface area contributed by atoms with Gasteiger partial charge in [-0.15, -0.1) is 0 Å². The van der Waals surface area contributed by atoms with Crippen molar-refractivity contribution in [2.24, 2.45) is 0 Å². The van der Waals surface area contributed by atoms with E-state index in [1.54, 1.807) is 0 Å². The Bertz CT molecular complexity index is 188. The molecule has 0 N–H and O–H groups in total. The van der Waals surface area contributed by atoms with Crippen molar-refractivity contribution in [3.8, 4) is 6.07 Å². The minimum Gasteiger partial charge on any atom is -0.357 e. The molecule has 0 heterocycles. The highest BCUT2D eigenvalue weighted by atomic mass is 28.2. The van der Waals surface area contributed by atoms with E-state index in [2.05, 4.69) is 13.0 Å². The van der Waals surface area contributed by atoms with Crippen molar-refractivity contribution in [2.75, 3.05) is 13.2 Å². The lowest BCUT2D eigenvalue weighted by atomic mass is 10.2. The van der Waals surface area contributed by atoms with Gasteiger partial charge < -0.3 is 9.47 Å². The Morgan fingerprint density at radius 3 is 2.19 bits per heavy atom. The van der Waals surface area contributed by atoms with Crippen molar-refractivity contribution >= 4 is 9.52 Å². The highest BCUT2D eigenvalue weighted by Gasteiger charge is 2.17. The first kappa shape index (κ1) is 15.6. The van der Waals surface area contributed by atoms with Gasteiger partial charge in [-0.2, -0.15) is 5.26 Å². The van der Waals surface area contributed by atoms with Crippen LogP contribution in [-0.2, 0) is 9.47 Å². The molecule has 0 bridgehead atoms. The van der Waals surface area contributed by atoms with Gasteiger partial charge in [-0.3, -0.25) is 0 Å². The van der Waals surface area contributed by atoms with Gasteiger partial charge in [-0.05, 0) is 20.3 Å². The third-order valence-corrected chi connectivity index (χ3v) is 4.54. The molecule has 0 aromatic rings. The van der Waals surface area contributed by atoms with Crippen LogP contribution in [0.5, 0.6) is 0 Å². The number of hydrogen-bond acceptors (Lipinski definition) is 3. The van der Waals surface area contributed by atoms with E-state index in [1.165, 1.54) is 12.8 Å². The molecule has 1 unspecified atom stereocenters. The number of rotatable bonds is 10. The Balaban J connectivity index is 3.90. The van der Waals surface area contributed by atoms with Crippen molar-refractivity contribution in [3.63, 3.8) is 0 Å². The number of nitriles is 1. The normalized spacial score (nSPS) is 13.4. The summed E-state index contributed by atoms with van der Waals surface area (Å²) in [5.74, 6) is -0.0683. The molecule has 0 aliphatic rings. The number of nitrogens with zero attached hydrogens (tertiary/aromatic N) is 1. The summed E-state index contributed by atoms with van der Waals surface area (Å²) >= 11 is 0. The predicted octanol–water partition coefficient (Wildman–Crippen LogP) is 2.40. The predicted molar refractivity (Wildman–Crippen MR) is 69.1 cm³/mol. The zero-order chi connectivity index (χ0) is 12.2. The molecule has 1 atom stereocenters. The molecular weight excluding hydrogens is 218 g/mol. The highest BCUT2D eigenvalue weighted by molar-refractivity contribution is 6.39. The Kier molecular flexibility index (Phi) is 10.9. The van der Waals surface area contributed by atoms with Gasteiger partial charge in [0, 0.05) is 18.8 Å². The third kappa shape index (κ3) is 7.86. The van der Waals surface area contributed by atoms with Crippen LogP contribution < -0.4 is 0 Å². The van der Waals surface area contributed by atoms with E-state index in [4.69, 9.17) is 14.7 Å². The van der Waals surface area contributed by atoms with E-state index in [-0.39, 0.29) is 11.5 Å². The van der Waals surface area contributed by atoms with Gasteiger partial charge in [-0.1, -0.05) is 26.2 Å². The summed E-state index contributed by atoms with van der Waals surface area (Å²) in [6.07, 6.45) is 4.61. The molecule has 0 aliphatic carbocycles. The molecule has 0 radical (unpaired) electrons.